The molecule has 7 heteroatoms. The summed E-state index contributed by atoms with van der Waals surface area (Å²) in [5.74, 6) is 3.47. The molecular weight excluding hydrogens is 466 g/mol. The predicted octanol–water partition coefficient (Wildman–Crippen LogP) is 5.20. The van der Waals surface area contributed by atoms with Crippen molar-refractivity contribution in [1.82, 2.24) is 15.2 Å². The van der Waals surface area contributed by atoms with Crippen molar-refractivity contribution < 1.29 is 19.0 Å². The Kier molecular flexibility index (Phi) is 6.30. The molecule has 4 aromatic rings. The summed E-state index contributed by atoms with van der Waals surface area (Å²) in [5, 5.41) is 5.49. The standard InChI is InChI=1S/C30H31N3O4/c1-31-30(34)23-5-3-4-20-16-21(6-7-22(20)23)37-26-8-12-32-25-17-27(29-24(28(25)26)11-15-35-29)36-18-19-9-13-33(2)14-10-19/h3-8,12,16-17,19H,9-11,13-15,18H2,1-2H3,(H,31,34). The maximum atomic E-state index is 12.3. The van der Waals surface area contributed by atoms with Gasteiger partial charge in [0.2, 0.25) is 0 Å². The molecule has 37 heavy (non-hydrogen) atoms. The van der Waals surface area contributed by atoms with Crippen molar-refractivity contribution in [2.45, 2.75) is 19.3 Å². The highest BCUT2D eigenvalue weighted by Crippen LogP contribution is 2.45. The molecule has 0 radical (unpaired) electrons. The first-order chi connectivity index (χ1) is 18.1. The number of ether oxygens (including phenoxy) is 3. The molecule has 0 aliphatic carbocycles. The molecule has 1 aromatic heterocycles. The maximum absolute atomic E-state index is 12.3. The lowest BCUT2D eigenvalue weighted by Crippen LogP contribution is -2.32. The van der Waals surface area contributed by atoms with E-state index in [-0.39, 0.29) is 5.91 Å². The van der Waals surface area contributed by atoms with Crippen LogP contribution in [0.5, 0.6) is 23.0 Å². The van der Waals surface area contributed by atoms with Crippen LogP contribution < -0.4 is 19.5 Å². The number of nitrogens with one attached hydrogen (secondary N) is 1. The summed E-state index contributed by atoms with van der Waals surface area (Å²) < 4.78 is 18.8. The number of hydrogen-bond donors (Lipinski definition) is 1. The molecule has 2 aliphatic rings. The Hall–Kier alpha value is -3.84. The monoisotopic (exact) mass is 497 g/mol. The predicted molar refractivity (Wildman–Crippen MR) is 144 cm³/mol. The summed E-state index contributed by atoms with van der Waals surface area (Å²) in [5.41, 5.74) is 2.56. The molecule has 0 unspecified atom stereocenters. The van der Waals surface area contributed by atoms with E-state index >= 15 is 0 Å². The average Bonchev–Trinajstić information content (AvgIpc) is 3.42. The molecule has 0 bridgehead atoms. The number of rotatable bonds is 6. The molecule has 190 valence electrons. The van der Waals surface area contributed by atoms with Crippen molar-refractivity contribution >= 4 is 27.6 Å². The van der Waals surface area contributed by atoms with Crippen molar-refractivity contribution in [1.29, 1.82) is 0 Å². The van der Waals surface area contributed by atoms with Crippen LogP contribution in [0.15, 0.2) is 54.7 Å². The van der Waals surface area contributed by atoms with Crippen molar-refractivity contribution in [3.8, 4) is 23.0 Å². The zero-order valence-corrected chi connectivity index (χ0v) is 21.3. The van der Waals surface area contributed by atoms with E-state index in [2.05, 4.69) is 22.2 Å². The minimum absolute atomic E-state index is 0.108. The summed E-state index contributed by atoms with van der Waals surface area (Å²) in [6.07, 6.45) is 4.86. The van der Waals surface area contributed by atoms with Gasteiger partial charge in [-0.1, -0.05) is 12.1 Å². The Morgan fingerprint density at radius 3 is 2.84 bits per heavy atom. The van der Waals surface area contributed by atoms with Gasteiger partial charge in [0, 0.05) is 36.9 Å². The van der Waals surface area contributed by atoms with Gasteiger partial charge in [-0.15, -0.1) is 0 Å². The Morgan fingerprint density at radius 2 is 2.00 bits per heavy atom. The summed E-state index contributed by atoms with van der Waals surface area (Å²) >= 11 is 0. The number of amides is 1. The van der Waals surface area contributed by atoms with Gasteiger partial charge >= 0.3 is 0 Å². The van der Waals surface area contributed by atoms with E-state index in [9.17, 15) is 4.79 Å². The first kappa shape index (κ1) is 23.6. The zero-order chi connectivity index (χ0) is 25.4. The second-order valence-electron chi connectivity index (χ2n) is 9.91. The molecule has 0 spiro atoms. The van der Waals surface area contributed by atoms with Crippen LogP contribution in [0, 0.1) is 5.92 Å². The van der Waals surface area contributed by atoms with E-state index in [1.165, 1.54) is 0 Å². The fraction of sp³-hybridized carbons (Fsp3) is 0.333. The summed E-state index contributed by atoms with van der Waals surface area (Å²) in [4.78, 5) is 19.3. The van der Waals surface area contributed by atoms with Crippen molar-refractivity contribution in [3.63, 3.8) is 0 Å². The van der Waals surface area contributed by atoms with E-state index in [4.69, 9.17) is 14.2 Å². The van der Waals surface area contributed by atoms with Gasteiger partial charge in [0.15, 0.2) is 11.5 Å². The van der Waals surface area contributed by atoms with Crippen LogP contribution in [0.4, 0.5) is 0 Å². The van der Waals surface area contributed by atoms with Crippen LogP contribution >= 0.6 is 0 Å². The fourth-order valence-electron chi connectivity index (χ4n) is 5.39. The molecule has 6 rings (SSSR count). The molecular formula is C30H31N3O4. The van der Waals surface area contributed by atoms with Crippen molar-refractivity contribution in [2.75, 3.05) is 40.4 Å². The quantitative estimate of drug-likeness (QED) is 0.395. The Morgan fingerprint density at radius 1 is 1.14 bits per heavy atom. The van der Waals surface area contributed by atoms with Gasteiger partial charge in [0.25, 0.3) is 5.91 Å². The molecule has 1 N–H and O–H groups in total. The number of aromatic nitrogens is 1. The van der Waals surface area contributed by atoms with Crippen molar-refractivity contribution in [3.05, 3.63) is 65.9 Å². The van der Waals surface area contributed by atoms with Gasteiger partial charge in [0.05, 0.1) is 24.1 Å². The highest BCUT2D eigenvalue weighted by Gasteiger charge is 2.25. The van der Waals surface area contributed by atoms with Gasteiger partial charge < -0.3 is 24.4 Å². The van der Waals surface area contributed by atoms with E-state index in [0.717, 1.165) is 76.8 Å². The largest absolute Gasteiger partial charge is 0.489 e. The number of likely N-dealkylation sites (tertiary alicyclic amines) is 1. The third-order valence-corrected chi connectivity index (χ3v) is 7.47. The highest BCUT2D eigenvalue weighted by molar-refractivity contribution is 6.07. The summed E-state index contributed by atoms with van der Waals surface area (Å²) in [6.45, 7) is 3.54. The molecule has 2 aliphatic heterocycles. The Balaban J connectivity index is 1.31. The number of carbonyl (C=O) groups is 1. The number of fused-ring (bicyclic) bond motifs is 4. The molecule has 0 saturated carbocycles. The van der Waals surface area contributed by atoms with Gasteiger partial charge in [-0.05, 0) is 80.0 Å². The smallest absolute Gasteiger partial charge is 0.251 e. The third kappa shape index (κ3) is 4.55. The van der Waals surface area contributed by atoms with Crippen LogP contribution in [-0.4, -0.2) is 56.2 Å². The van der Waals surface area contributed by atoms with Crippen LogP contribution in [0.1, 0.15) is 28.8 Å². The first-order valence-electron chi connectivity index (χ1n) is 12.9. The van der Waals surface area contributed by atoms with Gasteiger partial charge in [0.1, 0.15) is 11.5 Å². The lowest BCUT2D eigenvalue weighted by molar-refractivity contribution is 0.0964. The van der Waals surface area contributed by atoms with E-state index in [1.54, 1.807) is 13.2 Å². The molecule has 3 aromatic carbocycles. The van der Waals surface area contributed by atoms with Crippen molar-refractivity contribution in [2.24, 2.45) is 5.92 Å². The van der Waals surface area contributed by atoms with Crippen LogP contribution in [-0.2, 0) is 6.42 Å². The number of hydrogen-bond acceptors (Lipinski definition) is 6. The number of piperidine rings is 1. The van der Waals surface area contributed by atoms with Crippen LogP contribution in [0.2, 0.25) is 0 Å². The Labute approximate surface area is 216 Å². The highest BCUT2D eigenvalue weighted by atomic mass is 16.5. The van der Waals surface area contributed by atoms with Crippen LogP contribution in [0.3, 0.4) is 0 Å². The second kappa shape index (κ2) is 9.90. The molecule has 0 atom stereocenters. The molecule has 3 heterocycles. The fourth-order valence-corrected chi connectivity index (χ4v) is 5.39. The zero-order valence-electron chi connectivity index (χ0n) is 21.3. The lowest BCUT2D eigenvalue weighted by Gasteiger charge is -2.28. The summed E-state index contributed by atoms with van der Waals surface area (Å²) in [6, 6.07) is 15.4. The maximum Gasteiger partial charge on any atom is 0.251 e. The number of benzene rings is 3. The molecule has 1 fully saturated rings. The van der Waals surface area contributed by atoms with E-state index in [0.29, 0.717) is 30.4 Å². The minimum atomic E-state index is -0.108. The number of nitrogens with zero attached hydrogens (tertiary/aromatic N) is 2. The van der Waals surface area contributed by atoms with Gasteiger partial charge in [-0.2, -0.15) is 0 Å². The Bertz CT molecular complexity index is 1480. The van der Waals surface area contributed by atoms with E-state index in [1.807, 2.05) is 48.5 Å². The first-order valence-corrected chi connectivity index (χ1v) is 12.9. The minimum Gasteiger partial charge on any atom is -0.489 e. The molecule has 1 saturated heterocycles. The van der Waals surface area contributed by atoms with E-state index < -0.39 is 0 Å². The van der Waals surface area contributed by atoms with Gasteiger partial charge in [-0.3, -0.25) is 9.78 Å². The topological polar surface area (TPSA) is 72.9 Å². The van der Waals surface area contributed by atoms with Crippen LogP contribution in [0.25, 0.3) is 21.7 Å². The third-order valence-electron chi connectivity index (χ3n) is 7.47. The summed E-state index contributed by atoms with van der Waals surface area (Å²) in [7, 11) is 3.81. The SMILES string of the molecule is CNC(=O)c1cccc2cc(Oc3ccnc4cc(OCC5CCN(C)CC5)c5c(c34)CCO5)ccc12. The molecule has 7 nitrogen and oxygen atoms in total. The second-order valence-corrected chi connectivity index (χ2v) is 9.91. The molecule has 1 amide bonds. The lowest BCUT2D eigenvalue weighted by atomic mass is 9.98. The number of pyridine rings is 1. The average molecular weight is 498 g/mol. The number of carbonyl (C=O) groups excluding carboxylic acids is 1. The van der Waals surface area contributed by atoms with Gasteiger partial charge in [-0.25, -0.2) is 0 Å². The normalized spacial score (nSPS) is 15.9.